The smallest absolute Gasteiger partial charge is 0.282 e. The predicted molar refractivity (Wildman–Crippen MR) is 115 cm³/mol. The second-order valence-electron chi connectivity index (χ2n) is 7.19. The number of carbonyl (C=O) groups excluding carboxylic acids is 1. The molecule has 3 rings (SSSR count). The third-order valence-corrected chi connectivity index (χ3v) is 4.76. The number of hydrogen-bond acceptors (Lipinski definition) is 5. The first-order chi connectivity index (χ1) is 15.3. The molecule has 0 saturated heterocycles. The number of benzene rings is 1. The van der Waals surface area contributed by atoms with Crippen LogP contribution < -0.4 is 14.8 Å². The van der Waals surface area contributed by atoms with Gasteiger partial charge in [-0.2, -0.15) is 10.2 Å². The van der Waals surface area contributed by atoms with Crippen LogP contribution >= 0.6 is 0 Å². The number of nitrogens with zero attached hydrogens (tertiary/aromatic N) is 4. The van der Waals surface area contributed by atoms with Crippen LogP contribution in [0.4, 0.5) is 14.5 Å². The van der Waals surface area contributed by atoms with Crippen molar-refractivity contribution in [3.05, 3.63) is 53.6 Å². The molecule has 0 saturated carbocycles. The Morgan fingerprint density at radius 3 is 2.53 bits per heavy atom. The average molecular weight is 447 g/mol. The molecular formula is C22H27F2N5O3. The minimum Gasteiger partial charge on any atom is -0.490 e. The van der Waals surface area contributed by atoms with E-state index in [2.05, 4.69) is 15.5 Å². The number of alkyl halides is 2. The van der Waals surface area contributed by atoms with E-state index in [-0.39, 0.29) is 11.6 Å². The minimum atomic E-state index is -2.69. The molecule has 172 valence electrons. The Morgan fingerprint density at radius 1 is 1.16 bits per heavy atom. The standard InChI is InChI=1S/C22H27F2N5O3/c1-5-31-19-8-7-16(10-20(19)32-6-2)12-28-13-17(11-25-28)26-22(30)15(4)29-14(3)9-18(27-29)21(23)24/h7-11,13,15,21H,5-6,12H2,1-4H3,(H,26,30). The molecule has 1 N–H and O–H groups in total. The van der Waals surface area contributed by atoms with Crippen molar-refractivity contribution < 1.29 is 23.0 Å². The van der Waals surface area contributed by atoms with Gasteiger partial charge < -0.3 is 14.8 Å². The lowest BCUT2D eigenvalue weighted by atomic mass is 10.2. The number of amides is 1. The summed E-state index contributed by atoms with van der Waals surface area (Å²) in [5, 5.41) is 10.9. The van der Waals surface area contributed by atoms with E-state index in [4.69, 9.17) is 9.47 Å². The van der Waals surface area contributed by atoms with Crippen LogP contribution in [0.25, 0.3) is 0 Å². The van der Waals surface area contributed by atoms with E-state index in [1.54, 1.807) is 24.7 Å². The predicted octanol–water partition coefficient (Wildman–Crippen LogP) is 4.37. The van der Waals surface area contributed by atoms with Crippen LogP contribution in [0.15, 0.2) is 36.7 Å². The molecule has 0 spiro atoms. The van der Waals surface area contributed by atoms with Crippen molar-refractivity contribution in [1.29, 1.82) is 0 Å². The molecule has 10 heteroatoms. The first-order valence-electron chi connectivity index (χ1n) is 10.4. The first kappa shape index (κ1) is 23.2. The molecular weight excluding hydrogens is 420 g/mol. The number of ether oxygens (including phenoxy) is 2. The number of halogens is 2. The van der Waals surface area contributed by atoms with Crippen LogP contribution in [0.1, 0.15) is 50.2 Å². The van der Waals surface area contributed by atoms with Crippen molar-refractivity contribution in [1.82, 2.24) is 19.6 Å². The van der Waals surface area contributed by atoms with Gasteiger partial charge in [-0.1, -0.05) is 6.07 Å². The third-order valence-electron chi connectivity index (χ3n) is 4.76. The molecule has 8 nitrogen and oxygen atoms in total. The van der Waals surface area contributed by atoms with Gasteiger partial charge in [0.15, 0.2) is 11.5 Å². The molecule has 1 aromatic carbocycles. The zero-order valence-corrected chi connectivity index (χ0v) is 18.5. The maximum absolute atomic E-state index is 12.9. The summed E-state index contributed by atoms with van der Waals surface area (Å²) in [7, 11) is 0. The molecule has 1 unspecified atom stereocenters. The summed E-state index contributed by atoms with van der Waals surface area (Å²) in [6.07, 6.45) is 0.541. The van der Waals surface area contributed by atoms with Crippen LogP contribution in [-0.4, -0.2) is 38.7 Å². The normalized spacial score (nSPS) is 12.1. The zero-order chi connectivity index (χ0) is 23.3. The van der Waals surface area contributed by atoms with Crippen LogP contribution in [0, 0.1) is 6.92 Å². The lowest BCUT2D eigenvalue weighted by Crippen LogP contribution is -2.25. The molecule has 0 fully saturated rings. The molecule has 0 radical (unpaired) electrons. The number of anilines is 1. The highest BCUT2D eigenvalue weighted by molar-refractivity contribution is 5.93. The van der Waals surface area contributed by atoms with Crippen LogP contribution in [0.2, 0.25) is 0 Å². The van der Waals surface area contributed by atoms with Crippen LogP contribution in [0.3, 0.4) is 0 Å². The van der Waals surface area contributed by atoms with E-state index < -0.39 is 12.5 Å². The summed E-state index contributed by atoms with van der Waals surface area (Å²) in [6.45, 7) is 8.59. The minimum absolute atomic E-state index is 0.350. The van der Waals surface area contributed by atoms with Crippen molar-refractivity contribution >= 4 is 11.6 Å². The Morgan fingerprint density at radius 2 is 1.88 bits per heavy atom. The highest BCUT2D eigenvalue weighted by Gasteiger charge is 2.21. The topological polar surface area (TPSA) is 83.2 Å². The van der Waals surface area contributed by atoms with E-state index in [1.165, 1.54) is 16.9 Å². The summed E-state index contributed by atoms with van der Waals surface area (Å²) in [5.41, 5.74) is 1.59. The quantitative estimate of drug-likeness (QED) is 0.499. The number of aryl methyl sites for hydroxylation is 1. The molecule has 0 aliphatic heterocycles. The molecule has 0 bridgehead atoms. The highest BCUT2D eigenvalue weighted by Crippen LogP contribution is 2.29. The van der Waals surface area contributed by atoms with Gasteiger partial charge in [-0.3, -0.25) is 14.2 Å². The van der Waals surface area contributed by atoms with Crippen molar-refractivity contribution in [3.63, 3.8) is 0 Å². The van der Waals surface area contributed by atoms with Crippen molar-refractivity contribution in [2.24, 2.45) is 0 Å². The summed E-state index contributed by atoms with van der Waals surface area (Å²) in [6, 6.07) is 6.21. The van der Waals surface area contributed by atoms with Crippen LogP contribution in [-0.2, 0) is 11.3 Å². The maximum Gasteiger partial charge on any atom is 0.282 e. The summed E-state index contributed by atoms with van der Waals surface area (Å²) < 4.78 is 40.0. The molecule has 1 amide bonds. The molecule has 1 atom stereocenters. The van der Waals surface area contributed by atoms with E-state index in [0.29, 0.717) is 42.6 Å². The Labute approximate surface area is 185 Å². The molecule has 2 heterocycles. The lowest BCUT2D eigenvalue weighted by Gasteiger charge is -2.13. The molecule has 32 heavy (non-hydrogen) atoms. The monoisotopic (exact) mass is 447 g/mol. The number of rotatable bonds is 10. The van der Waals surface area contributed by atoms with Gasteiger partial charge >= 0.3 is 0 Å². The largest absolute Gasteiger partial charge is 0.490 e. The van der Waals surface area contributed by atoms with Crippen LogP contribution in [0.5, 0.6) is 11.5 Å². The molecule has 0 aliphatic rings. The van der Waals surface area contributed by atoms with Gasteiger partial charge in [-0.05, 0) is 51.5 Å². The molecule has 3 aromatic rings. The number of hydrogen-bond donors (Lipinski definition) is 1. The van der Waals surface area contributed by atoms with Gasteiger partial charge in [0.05, 0.1) is 31.6 Å². The molecule has 0 aliphatic carbocycles. The van der Waals surface area contributed by atoms with Gasteiger partial charge in [0, 0.05) is 11.9 Å². The van der Waals surface area contributed by atoms with E-state index in [1.807, 2.05) is 32.0 Å². The Kier molecular flexibility index (Phi) is 7.45. The fourth-order valence-corrected chi connectivity index (χ4v) is 3.26. The van der Waals surface area contributed by atoms with Gasteiger partial charge in [0.1, 0.15) is 11.7 Å². The summed E-state index contributed by atoms with van der Waals surface area (Å²) in [5.74, 6) is 0.972. The first-order valence-corrected chi connectivity index (χ1v) is 10.4. The highest BCUT2D eigenvalue weighted by atomic mass is 19.3. The van der Waals surface area contributed by atoms with E-state index in [9.17, 15) is 13.6 Å². The Hall–Kier alpha value is -3.43. The fraction of sp³-hybridized carbons (Fsp3) is 0.409. The fourth-order valence-electron chi connectivity index (χ4n) is 3.26. The summed E-state index contributed by atoms with van der Waals surface area (Å²) in [4.78, 5) is 12.6. The zero-order valence-electron chi connectivity index (χ0n) is 18.5. The Bertz CT molecular complexity index is 1060. The van der Waals surface area contributed by atoms with Gasteiger partial charge in [-0.15, -0.1) is 0 Å². The SMILES string of the molecule is CCOc1ccc(Cn2cc(NC(=O)C(C)n3nc(C(F)F)cc3C)cn2)cc1OCC. The van der Waals surface area contributed by atoms with Crippen molar-refractivity contribution in [2.45, 2.75) is 46.7 Å². The number of nitrogens with one attached hydrogen (secondary N) is 1. The van der Waals surface area contributed by atoms with E-state index >= 15 is 0 Å². The second-order valence-corrected chi connectivity index (χ2v) is 7.19. The van der Waals surface area contributed by atoms with E-state index in [0.717, 1.165) is 5.56 Å². The van der Waals surface area contributed by atoms with Crippen molar-refractivity contribution in [3.8, 4) is 11.5 Å². The summed E-state index contributed by atoms with van der Waals surface area (Å²) >= 11 is 0. The van der Waals surface area contributed by atoms with Gasteiger partial charge in [-0.25, -0.2) is 8.78 Å². The average Bonchev–Trinajstić information content (AvgIpc) is 3.36. The van der Waals surface area contributed by atoms with Gasteiger partial charge in [0.2, 0.25) is 5.91 Å². The third kappa shape index (κ3) is 5.43. The second kappa shape index (κ2) is 10.3. The van der Waals surface area contributed by atoms with Crippen molar-refractivity contribution in [2.75, 3.05) is 18.5 Å². The maximum atomic E-state index is 12.9. The Balaban J connectivity index is 1.67. The molecule has 2 aromatic heterocycles. The van der Waals surface area contributed by atoms with Gasteiger partial charge in [0.25, 0.3) is 6.43 Å². The number of carbonyl (C=O) groups is 1. The number of aromatic nitrogens is 4. The lowest BCUT2D eigenvalue weighted by molar-refractivity contribution is -0.119.